The fraction of sp³-hybridized carbons (Fsp3) is 0.0769. The van der Waals surface area contributed by atoms with Gasteiger partial charge in [0.2, 0.25) is 5.71 Å². The van der Waals surface area contributed by atoms with Gasteiger partial charge in [-0.1, -0.05) is 41.9 Å². The number of benzene rings is 1. The van der Waals surface area contributed by atoms with E-state index in [2.05, 4.69) is 9.97 Å². The summed E-state index contributed by atoms with van der Waals surface area (Å²) in [5.74, 6) is 1.38. The van der Waals surface area contributed by atoms with E-state index in [1.807, 2.05) is 36.4 Å². The van der Waals surface area contributed by atoms with E-state index in [4.69, 9.17) is 27.6 Å². The molecule has 3 nitrogen and oxygen atoms in total. The molecule has 2 heterocycles. The van der Waals surface area contributed by atoms with Crippen LogP contribution in [0.2, 0.25) is 5.15 Å². The smallest absolute Gasteiger partial charge is 0.231 e. The monoisotopic (exact) mass is 278 g/mol. The van der Waals surface area contributed by atoms with Crippen molar-refractivity contribution in [1.29, 1.82) is 0 Å². The maximum atomic E-state index is 6.07. The highest BCUT2D eigenvalue weighted by Crippen LogP contribution is 2.30. The second kappa shape index (κ2) is 4.59. The number of fused-ring (bicyclic) bond motifs is 1. The molecule has 2 aromatic heterocycles. The summed E-state index contributed by atoms with van der Waals surface area (Å²) < 4.78 is 5.68. The van der Waals surface area contributed by atoms with Gasteiger partial charge in [-0.2, -0.15) is 4.98 Å². The second-order valence-electron chi connectivity index (χ2n) is 3.76. The number of nitrogens with zero attached hydrogens (tertiary/aromatic N) is 2. The van der Waals surface area contributed by atoms with E-state index in [-0.39, 0.29) is 5.88 Å². The van der Waals surface area contributed by atoms with Crippen LogP contribution in [0.4, 0.5) is 0 Å². The van der Waals surface area contributed by atoms with E-state index >= 15 is 0 Å². The lowest BCUT2D eigenvalue weighted by Crippen LogP contribution is -1.90. The molecule has 3 aromatic rings. The van der Waals surface area contributed by atoms with E-state index < -0.39 is 0 Å². The van der Waals surface area contributed by atoms with Gasteiger partial charge < -0.3 is 4.42 Å². The number of hydrogen-bond acceptors (Lipinski definition) is 3. The normalized spacial score (nSPS) is 11.0. The van der Waals surface area contributed by atoms with Gasteiger partial charge in [0.25, 0.3) is 0 Å². The quantitative estimate of drug-likeness (QED) is 0.519. The molecule has 0 unspecified atom stereocenters. The standard InChI is InChI=1S/C13H8Cl2N2O/c14-7-11-16-12(15)9-6-10(18-13(9)17-11)8-4-2-1-3-5-8/h1-6H,7H2. The average Bonchev–Trinajstić information content (AvgIpc) is 2.84. The van der Waals surface area contributed by atoms with Crippen LogP contribution in [-0.4, -0.2) is 9.97 Å². The van der Waals surface area contributed by atoms with E-state index in [0.717, 1.165) is 5.56 Å². The Kier molecular flexibility index (Phi) is 2.94. The minimum atomic E-state index is 0.205. The van der Waals surface area contributed by atoms with Crippen molar-refractivity contribution in [1.82, 2.24) is 9.97 Å². The molecule has 90 valence electrons. The van der Waals surface area contributed by atoms with E-state index in [1.165, 1.54) is 0 Å². The highest BCUT2D eigenvalue weighted by atomic mass is 35.5. The Labute approximate surface area is 113 Å². The molecule has 0 N–H and O–H groups in total. The third-order valence-corrected chi connectivity index (χ3v) is 3.10. The molecular formula is C13H8Cl2N2O. The number of halogens is 2. The van der Waals surface area contributed by atoms with Crippen molar-refractivity contribution in [2.24, 2.45) is 0 Å². The molecule has 0 aliphatic heterocycles. The minimum absolute atomic E-state index is 0.205. The number of aromatic nitrogens is 2. The van der Waals surface area contributed by atoms with Crippen LogP contribution >= 0.6 is 23.2 Å². The van der Waals surface area contributed by atoms with Gasteiger partial charge in [-0.05, 0) is 6.07 Å². The molecule has 3 rings (SSSR count). The lowest BCUT2D eigenvalue weighted by atomic mass is 10.2. The molecule has 0 radical (unpaired) electrons. The molecule has 18 heavy (non-hydrogen) atoms. The Morgan fingerprint density at radius 3 is 2.61 bits per heavy atom. The maximum absolute atomic E-state index is 6.07. The maximum Gasteiger partial charge on any atom is 0.231 e. The van der Waals surface area contributed by atoms with Crippen molar-refractivity contribution < 1.29 is 4.42 Å². The lowest BCUT2D eigenvalue weighted by Gasteiger charge is -1.95. The summed E-state index contributed by atoms with van der Waals surface area (Å²) in [6.45, 7) is 0. The van der Waals surface area contributed by atoms with E-state index in [0.29, 0.717) is 27.8 Å². The SMILES string of the molecule is ClCc1nc(Cl)c2cc(-c3ccccc3)oc2n1. The highest BCUT2D eigenvalue weighted by molar-refractivity contribution is 6.34. The van der Waals surface area contributed by atoms with Crippen molar-refractivity contribution in [2.45, 2.75) is 5.88 Å². The van der Waals surface area contributed by atoms with Crippen LogP contribution in [0.1, 0.15) is 5.82 Å². The van der Waals surface area contributed by atoms with Crippen LogP contribution in [0.3, 0.4) is 0 Å². The largest absolute Gasteiger partial charge is 0.438 e. The molecule has 0 spiro atoms. The lowest BCUT2D eigenvalue weighted by molar-refractivity contribution is 0.615. The number of hydrogen-bond donors (Lipinski definition) is 0. The third-order valence-electron chi connectivity index (χ3n) is 2.57. The van der Waals surface area contributed by atoms with Crippen molar-refractivity contribution in [2.75, 3.05) is 0 Å². The van der Waals surface area contributed by atoms with Gasteiger partial charge in [-0.15, -0.1) is 11.6 Å². The Morgan fingerprint density at radius 1 is 1.11 bits per heavy atom. The first-order valence-corrected chi connectivity index (χ1v) is 6.26. The molecule has 5 heteroatoms. The predicted molar refractivity (Wildman–Crippen MR) is 71.8 cm³/mol. The average molecular weight is 279 g/mol. The molecule has 0 amide bonds. The summed E-state index contributed by atoms with van der Waals surface area (Å²) in [6.07, 6.45) is 0. The first-order valence-electron chi connectivity index (χ1n) is 5.35. The number of alkyl halides is 1. The molecule has 0 aliphatic rings. The zero-order valence-corrected chi connectivity index (χ0v) is 10.7. The van der Waals surface area contributed by atoms with Gasteiger partial charge >= 0.3 is 0 Å². The Hall–Kier alpha value is -1.58. The van der Waals surface area contributed by atoms with Gasteiger partial charge in [0.15, 0.2) is 0 Å². The van der Waals surface area contributed by atoms with Gasteiger partial charge in [0.1, 0.15) is 16.7 Å². The minimum Gasteiger partial charge on any atom is -0.438 e. The highest BCUT2D eigenvalue weighted by Gasteiger charge is 2.12. The van der Waals surface area contributed by atoms with Gasteiger partial charge in [0, 0.05) is 5.56 Å². The Balaban J connectivity index is 2.20. The summed E-state index contributed by atoms with van der Waals surface area (Å²) in [7, 11) is 0. The molecule has 0 saturated carbocycles. The summed E-state index contributed by atoms with van der Waals surface area (Å²) in [4.78, 5) is 8.30. The molecule has 1 aromatic carbocycles. The fourth-order valence-electron chi connectivity index (χ4n) is 1.73. The van der Waals surface area contributed by atoms with Crippen LogP contribution in [-0.2, 0) is 5.88 Å². The van der Waals surface area contributed by atoms with Crippen LogP contribution in [0, 0.1) is 0 Å². The van der Waals surface area contributed by atoms with Crippen LogP contribution in [0.15, 0.2) is 40.8 Å². The first kappa shape index (κ1) is 11.5. The molecule has 0 atom stereocenters. The predicted octanol–water partition coefficient (Wildman–Crippen LogP) is 4.28. The molecular weight excluding hydrogens is 271 g/mol. The van der Waals surface area contributed by atoms with Crippen molar-refractivity contribution in [3.05, 3.63) is 47.4 Å². The van der Waals surface area contributed by atoms with Crippen LogP contribution in [0.25, 0.3) is 22.4 Å². The summed E-state index contributed by atoms with van der Waals surface area (Å²) in [6, 6.07) is 11.6. The van der Waals surface area contributed by atoms with Gasteiger partial charge in [-0.3, -0.25) is 0 Å². The summed E-state index contributed by atoms with van der Waals surface area (Å²) in [5, 5.41) is 1.06. The fourth-order valence-corrected chi connectivity index (χ4v) is 2.08. The van der Waals surface area contributed by atoms with Crippen molar-refractivity contribution in [3.63, 3.8) is 0 Å². The van der Waals surface area contributed by atoms with Gasteiger partial charge in [0.05, 0.1) is 11.3 Å². The number of furan rings is 1. The third kappa shape index (κ3) is 1.96. The topological polar surface area (TPSA) is 38.9 Å². The van der Waals surface area contributed by atoms with Crippen LogP contribution < -0.4 is 0 Å². The van der Waals surface area contributed by atoms with E-state index in [1.54, 1.807) is 0 Å². The molecule has 0 aliphatic carbocycles. The zero-order valence-electron chi connectivity index (χ0n) is 9.23. The zero-order chi connectivity index (χ0) is 12.5. The van der Waals surface area contributed by atoms with Crippen molar-refractivity contribution in [3.8, 4) is 11.3 Å². The Bertz CT molecular complexity index is 695. The van der Waals surface area contributed by atoms with Crippen molar-refractivity contribution >= 4 is 34.3 Å². The van der Waals surface area contributed by atoms with E-state index in [9.17, 15) is 0 Å². The van der Waals surface area contributed by atoms with Gasteiger partial charge in [-0.25, -0.2) is 4.98 Å². The summed E-state index contributed by atoms with van der Waals surface area (Å²) >= 11 is 11.8. The molecule has 0 bridgehead atoms. The first-order chi connectivity index (χ1) is 8.78. The van der Waals surface area contributed by atoms with Crippen LogP contribution in [0.5, 0.6) is 0 Å². The molecule has 0 fully saturated rings. The Morgan fingerprint density at radius 2 is 1.89 bits per heavy atom. The molecule has 0 saturated heterocycles. The second-order valence-corrected chi connectivity index (χ2v) is 4.39. The summed E-state index contributed by atoms with van der Waals surface area (Å²) in [5.41, 5.74) is 1.43. The number of rotatable bonds is 2.